The molecule has 412 valence electrons. The van der Waals surface area contributed by atoms with Crippen LogP contribution in [0.15, 0.2) is 129 Å². The molecular weight excluding hydrogens is 993 g/mol. The second kappa shape index (κ2) is 23.1. The number of aromatic hydroxyl groups is 1. The molecule has 2 saturated carbocycles. The first-order chi connectivity index (χ1) is 38.5. The Morgan fingerprint density at radius 2 is 1.76 bits per heavy atom. The molecule has 3 fully saturated rings. The van der Waals surface area contributed by atoms with Crippen molar-refractivity contribution in [2.75, 3.05) is 51.5 Å². The number of hydrogen-bond acceptors (Lipinski definition) is 11. The predicted octanol–water partition coefficient (Wildman–Crippen LogP) is 10.3. The van der Waals surface area contributed by atoms with Crippen LogP contribution in [0.1, 0.15) is 91.8 Å². The number of aliphatic imine (C=N–C) groups is 1. The van der Waals surface area contributed by atoms with Gasteiger partial charge in [0.15, 0.2) is 22.9 Å². The second-order valence-corrected chi connectivity index (χ2v) is 22.4. The zero-order chi connectivity index (χ0) is 54.7. The molecule has 4 atom stereocenters. The molecule has 0 amide bonds. The van der Waals surface area contributed by atoms with Gasteiger partial charge < -0.3 is 60.6 Å². The largest absolute Gasteiger partial charge is 0.508 e. The highest BCUT2D eigenvalue weighted by Gasteiger charge is 2.55. The number of phenols is 1. The zero-order valence-corrected chi connectivity index (χ0v) is 45.4. The Morgan fingerprint density at radius 1 is 0.937 bits per heavy atom. The molecule has 5 aromatic carbocycles. The second-order valence-electron chi connectivity index (χ2n) is 22.4. The van der Waals surface area contributed by atoms with E-state index in [-0.39, 0.29) is 88.5 Å². The van der Waals surface area contributed by atoms with Gasteiger partial charge in [-0.3, -0.25) is 4.79 Å². The van der Waals surface area contributed by atoms with E-state index in [2.05, 4.69) is 70.7 Å². The van der Waals surface area contributed by atoms with Gasteiger partial charge in [-0.1, -0.05) is 98.6 Å². The van der Waals surface area contributed by atoms with Gasteiger partial charge in [-0.2, -0.15) is 0 Å². The normalized spacial score (nSPS) is 20.4. The van der Waals surface area contributed by atoms with Gasteiger partial charge in [-0.25, -0.2) is 4.99 Å². The lowest BCUT2D eigenvalue weighted by Gasteiger charge is -2.49. The minimum Gasteiger partial charge on any atom is -0.508 e. The number of aliphatic hydroxyl groups excluding tert-OH is 2. The Morgan fingerprint density at radius 3 is 2.53 bits per heavy atom. The van der Waals surface area contributed by atoms with Crippen LogP contribution in [-0.2, 0) is 31.1 Å². The number of rotatable bonds is 11. The van der Waals surface area contributed by atoms with Crippen molar-refractivity contribution >= 4 is 34.5 Å². The van der Waals surface area contributed by atoms with Crippen LogP contribution in [0.4, 0.5) is 11.5 Å². The minimum atomic E-state index is -0.861. The van der Waals surface area contributed by atoms with E-state index in [0.29, 0.717) is 41.8 Å². The van der Waals surface area contributed by atoms with Gasteiger partial charge in [0.2, 0.25) is 5.75 Å². The van der Waals surface area contributed by atoms with E-state index >= 15 is 0 Å². The van der Waals surface area contributed by atoms with Crippen LogP contribution in [0.2, 0.25) is 0 Å². The lowest BCUT2D eigenvalue weighted by molar-refractivity contribution is 0.157. The molecule has 0 unspecified atom stereocenters. The van der Waals surface area contributed by atoms with Crippen LogP contribution in [0.25, 0.3) is 39.5 Å². The number of ether oxygens (including phenoxy) is 3. The number of H-pyrrole nitrogens is 1. The molecule has 12 rings (SSSR count). The van der Waals surface area contributed by atoms with Gasteiger partial charge in [-0.15, -0.1) is 0 Å². The number of aromatic nitrogens is 1. The molecule has 2 spiro atoms. The number of nitrogens with one attached hydrogen (secondary N) is 2. The van der Waals surface area contributed by atoms with Crippen molar-refractivity contribution in [2.45, 2.75) is 102 Å². The molecule has 5 aliphatic rings. The summed E-state index contributed by atoms with van der Waals surface area (Å²) in [6, 6.07) is 35.5. The molecular formula is C65H74N6O8. The van der Waals surface area contributed by atoms with Crippen molar-refractivity contribution in [3.8, 4) is 45.4 Å². The van der Waals surface area contributed by atoms with Crippen molar-refractivity contribution in [3.05, 3.63) is 159 Å². The fraction of sp³-hybridized carbons (Fsp3) is 0.385. The van der Waals surface area contributed by atoms with E-state index in [1.807, 2.05) is 36.4 Å². The summed E-state index contributed by atoms with van der Waals surface area (Å²) < 4.78 is 26.7. The number of phenolic OH excluding ortho intramolecular Hbond substituents is 1. The lowest BCUT2D eigenvalue weighted by atomic mass is 9.68. The first-order valence-corrected chi connectivity index (χ1v) is 28.3. The molecule has 7 aromatic rings. The van der Waals surface area contributed by atoms with E-state index < -0.39 is 12.0 Å². The molecule has 4 bridgehead atoms. The van der Waals surface area contributed by atoms with Gasteiger partial charge in [0.25, 0.3) is 0 Å². The highest BCUT2D eigenvalue weighted by atomic mass is 16.5. The third-order valence-corrected chi connectivity index (χ3v) is 17.4. The Hall–Kier alpha value is -7.52. The molecule has 3 aliphatic heterocycles. The highest BCUT2D eigenvalue weighted by molar-refractivity contribution is 5.93. The van der Waals surface area contributed by atoms with Gasteiger partial charge in [0.1, 0.15) is 28.3 Å². The summed E-state index contributed by atoms with van der Waals surface area (Å²) in [5.74, 6) is 1.58. The van der Waals surface area contributed by atoms with Crippen LogP contribution >= 0.6 is 0 Å². The topological polar surface area (TPSA) is 214 Å². The third kappa shape index (κ3) is 11.0. The quantitative estimate of drug-likeness (QED) is 0.0476. The molecule has 5 heterocycles. The molecule has 14 heteroatoms. The molecule has 14 nitrogen and oxygen atoms in total. The number of aromatic amines is 1. The SMILES string of the molecule is CCc1cc2c([nH]1)N1CCNC[C@@H]1[C@@]1(CCC3(CCCC3)C1)c1ccc(c(N=C(N)N)c1)C[C@@H](CO)COc1c(OC)c(OCC[C@@H](O)/C=C/c3ccccc3)c3c(=O)cc(-c4ccc(O)cc4)oc3c1CCc1cccc-2c1. The fourth-order valence-electron chi connectivity index (χ4n) is 13.4. The van der Waals surface area contributed by atoms with Crippen molar-refractivity contribution in [1.29, 1.82) is 0 Å². The summed E-state index contributed by atoms with van der Waals surface area (Å²) in [6.45, 7) is 4.50. The number of nitrogens with zero attached hydrogens (tertiary/aromatic N) is 2. The smallest absolute Gasteiger partial charge is 0.204 e. The summed E-state index contributed by atoms with van der Waals surface area (Å²) in [6.07, 6.45) is 13.3. The number of nitrogens with two attached hydrogens (primary N) is 2. The molecule has 2 aliphatic carbocycles. The summed E-state index contributed by atoms with van der Waals surface area (Å²) in [7, 11) is 1.52. The highest BCUT2D eigenvalue weighted by Crippen LogP contribution is 2.61. The van der Waals surface area contributed by atoms with Crippen LogP contribution in [0, 0.1) is 11.3 Å². The van der Waals surface area contributed by atoms with Crippen LogP contribution in [0.3, 0.4) is 0 Å². The Labute approximate surface area is 462 Å². The van der Waals surface area contributed by atoms with Crippen LogP contribution < -0.4 is 41.3 Å². The average Bonchev–Trinajstić information content (AvgIpc) is 4.35. The average molecular weight is 1070 g/mol. The minimum absolute atomic E-state index is 0.0111. The van der Waals surface area contributed by atoms with E-state index in [9.17, 15) is 20.1 Å². The first-order valence-electron chi connectivity index (χ1n) is 28.3. The monoisotopic (exact) mass is 1070 g/mol. The standard InChI is InChI=1S/C65H74N6O8/c1-3-48-35-52-45-13-9-12-42(32-45)15-23-51-58-57(54(75)36-55(79-58)44-17-21-49(73)22-18-44)60(77-31-24-50(74)20-14-41-10-5-4-6-11-41)61(76-2)59(51)78-39-43(38-72)33-46-16-19-47(34-53(46)70-63(66)67)65(28-27-64(40-65)25-7-8-26-64)56-37-68-29-30-71(56)62(52)69-48/h4-6,9-14,16-22,32,34-36,43,50,56,68-69,72-74H,3,7-8,15,23-31,33,37-40H2,1-2H3,(H4,66,67,70)/b20-14+/t43-,50-,56+,65+/m0/s1. The lowest BCUT2D eigenvalue weighted by Crippen LogP contribution is -2.60. The maximum Gasteiger partial charge on any atom is 0.204 e. The third-order valence-electron chi connectivity index (χ3n) is 17.4. The number of aryl methyl sites for hydroxylation is 3. The number of anilines is 1. The zero-order valence-electron chi connectivity index (χ0n) is 45.4. The molecule has 79 heavy (non-hydrogen) atoms. The van der Waals surface area contributed by atoms with Gasteiger partial charge in [0.05, 0.1) is 38.2 Å². The molecule has 1 saturated heterocycles. The number of benzene rings is 5. The Kier molecular flexibility index (Phi) is 15.6. The van der Waals surface area contributed by atoms with E-state index in [4.69, 9.17) is 35.1 Å². The number of fused-ring (bicyclic) bond motifs is 7. The number of aliphatic hydroxyl groups is 2. The summed E-state index contributed by atoms with van der Waals surface area (Å²) in [4.78, 5) is 26.2. The fourth-order valence-corrected chi connectivity index (χ4v) is 13.4. The van der Waals surface area contributed by atoms with Gasteiger partial charge in [0, 0.05) is 72.4 Å². The maximum atomic E-state index is 14.8. The molecule has 9 N–H and O–H groups in total. The summed E-state index contributed by atoms with van der Waals surface area (Å²) in [5.41, 5.74) is 21.8. The summed E-state index contributed by atoms with van der Waals surface area (Å²) >= 11 is 0. The van der Waals surface area contributed by atoms with E-state index in [1.54, 1.807) is 30.3 Å². The van der Waals surface area contributed by atoms with Crippen LogP contribution in [0.5, 0.6) is 23.0 Å². The molecule has 0 radical (unpaired) electrons. The van der Waals surface area contributed by atoms with Gasteiger partial charge in [-0.05, 0) is 127 Å². The summed E-state index contributed by atoms with van der Waals surface area (Å²) in [5, 5.41) is 36.7. The van der Waals surface area contributed by atoms with Crippen molar-refractivity contribution in [3.63, 3.8) is 0 Å². The maximum absolute atomic E-state index is 14.8. The predicted molar refractivity (Wildman–Crippen MR) is 313 cm³/mol. The molecule has 2 aromatic heterocycles. The van der Waals surface area contributed by atoms with Crippen molar-refractivity contribution in [2.24, 2.45) is 27.8 Å². The number of hydrogen-bond donors (Lipinski definition) is 7. The van der Waals surface area contributed by atoms with Crippen molar-refractivity contribution in [1.82, 2.24) is 10.3 Å². The van der Waals surface area contributed by atoms with Crippen molar-refractivity contribution < 1.29 is 33.9 Å². The number of methoxy groups -OCH3 is 1. The number of piperazine rings is 1. The van der Waals surface area contributed by atoms with Crippen LogP contribution in [-0.4, -0.2) is 85.0 Å². The van der Waals surface area contributed by atoms with Gasteiger partial charge >= 0.3 is 0 Å². The first kappa shape index (κ1) is 53.5. The van der Waals surface area contributed by atoms with E-state index in [0.717, 1.165) is 78.2 Å². The Balaban J connectivity index is 1.08. The number of guanidine groups is 1. The Bertz CT molecular complexity index is 3410. The van der Waals surface area contributed by atoms with E-state index in [1.165, 1.54) is 50.8 Å².